The molecule has 2 N–H and O–H groups in total. The molecule has 1 aromatic carbocycles. The van der Waals surface area contributed by atoms with Crippen LogP contribution in [0.15, 0.2) is 24.3 Å². The molecule has 100 valence electrons. The molecule has 0 aromatic heterocycles. The molecule has 1 rings (SSSR count). The van der Waals surface area contributed by atoms with E-state index in [4.69, 9.17) is 9.84 Å². The lowest BCUT2D eigenvalue weighted by Crippen LogP contribution is -2.37. The minimum absolute atomic E-state index is 0.430. The van der Waals surface area contributed by atoms with E-state index in [2.05, 4.69) is 5.32 Å². The van der Waals surface area contributed by atoms with Gasteiger partial charge in [-0.1, -0.05) is 12.1 Å². The SMILES string of the molecule is Cc1cccc(OCCNCC(C)(C)C(=O)O)c1. The van der Waals surface area contributed by atoms with Crippen LogP contribution in [0.5, 0.6) is 5.75 Å². The number of aliphatic carboxylic acids is 1. The maximum Gasteiger partial charge on any atom is 0.310 e. The molecule has 0 atom stereocenters. The molecular formula is C14H21NO3. The number of benzene rings is 1. The maximum atomic E-state index is 10.9. The molecule has 0 aliphatic carbocycles. The molecule has 0 saturated carbocycles. The smallest absolute Gasteiger partial charge is 0.310 e. The van der Waals surface area contributed by atoms with Crippen molar-refractivity contribution in [1.82, 2.24) is 5.32 Å². The number of hydrogen-bond donors (Lipinski definition) is 2. The molecule has 0 spiro atoms. The average Bonchev–Trinajstić information content (AvgIpc) is 2.28. The standard InChI is InChI=1S/C14H21NO3/c1-11-5-4-6-12(9-11)18-8-7-15-10-14(2,3)13(16)17/h4-6,9,15H,7-8,10H2,1-3H3,(H,16,17). The van der Waals surface area contributed by atoms with Crippen molar-refractivity contribution >= 4 is 5.97 Å². The zero-order valence-electron chi connectivity index (χ0n) is 11.2. The van der Waals surface area contributed by atoms with Crippen LogP contribution in [0, 0.1) is 12.3 Å². The molecule has 0 radical (unpaired) electrons. The molecule has 0 amide bonds. The van der Waals surface area contributed by atoms with Gasteiger partial charge in [0.25, 0.3) is 0 Å². The summed E-state index contributed by atoms with van der Waals surface area (Å²) in [5.41, 5.74) is 0.413. The number of carboxylic acid groups (broad SMARTS) is 1. The molecule has 0 heterocycles. The van der Waals surface area contributed by atoms with Crippen LogP contribution in [-0.4, -0.2) is 30.8 Å². The lowest BCUT2D eigenvalue weighted by molar-refractivity contribution is -0.146. The zero-order chi connectivity index (χ0) is 13.6. The molecule has 0 saturated heterocycles. The van der Waals surface area contributed by atoms with Crippen molar-refractivity contribution in [3.63, 3.8) is 0 Å². The Morgan fingerprint density at radius 3 is 2.78 bits per heavy atom. The van der Waals surface area contributed by atoms with Crippen LogP contribution < -0.4 is 10.1 Å². The van der Waals surface area contributed by atoms with Gasteiger partial charge < -0.3 is 15.2 Å². The van der Waals surface area contributed by atoms with Gasteiger partial charge in [-0.3, -0.25) is 4.79 Å². The van der Waals surface area contributed by atoms with Gasteiger partial charge in [-0.25, -0.2) is 0 Å². The van der Waals surface area contributed by atoms with Gasteiger partial charge in [-0.05, 0) is 38.5 Å². The molecule has 0 unspecified atom stereocenters. The van der Waals surface area contributed by atoms with Crippen molar-refractivity contribution in [2.24, 2.45) is 5.41 Å². The highest BCUT2D eigenvalue weighted by Crippen LogP contribution is 2.13. The van der Waals surface area contributed by atoms with Crippen LogP contribution in [0.1, 0.15) is 19.4 Å². The molecule has 4 heteroatoms. The third kappa shape index (κ3) is 4.75. The van der Waals surface area contributed by atoms with Crippen molar-refractivity contribution in [3.8, 4) is 5.75 Å². The van der Waals surface area contributed by atoms with Crippen LogP contribution in [0.2, 0.25) is 0 Å². The van der Waals surface area contributed by atoms with Crippen LogP contribution in [0.4, 0.5) is 0 Å². The second-order valence-corrected chi connectivity index (χ2v) is 5.03. The predicted octanol–water partition coefficient (Wildman–Crippen LogP) is 2.07. The van der Waals surface area contributed by atoms with Gasteiger partial charge in [0.1, 0.15) is 12.4 Å². The Balaban J connectivity index is 2.22. The third-order valence-corrected chi connectivity index (χ3v) is 2.68. The average molecular weight is 251 g/mol. The van der Waals surface area contributed by atoms with Crippen molar-refractivity contribution in [2.75, 3.05) is 19.7 Å². The van der Waals surface area contributed by atoms with E-state index < -0.39 is 11.4 Å². The minimum atomic E-state index is -0.797. The number of nitrogens with one attached hydrogen (secondary N) is 1. The summed E-state index contributed by atoms with van der Waals surface area (Å²) in [6.45, 7) is 7.00. The fourth-order valence-corrected chi connectivity index (χ4v) is 1.42. The summed E-state index contributed by atoms with van der Waals surface area (Å²) in [6.07, 6.45) is 0. The van der Waals surface area contributed by atoms with E-state index in [9.17, 15) is 4.79 Å². The third-order valence-electron chi connectivity index (χ3n) is 2.68. The highest BCUT2D eigenvalue weighted by molar-refractivity contribution is 5.73. The van der Waals surface area contributed by atoms with Gasteiger partial charge in [0, 0.05) is 13.1 Å². The number of aryl methyl sites for hydroxylation is 1. The second-order valence-electron chi connectivity index (χ2n) is 5.03. The number of ether oxygens (including phenoxy) is 1. The monoisotopic (exact) mass is 251 g/mol. The van der Waals surface area contributed by atoms with E-state index in [0.717, 1.165) is 11.3 Å². The second kappa shape index (κ2) is 6.40. The fraction of sp³-hybridized carbons (Fsp3) is 0.500. The number of carboxylic acids is 1. The van der Waals surface area contributed by atoms with E-state index in [0.29, 0.717) is 19.7 Å². The Morgan fingerprint density at radius 1 is 1.44 bits per heavy atom. The van der Waals surface area contributed by atoms with E-state index in [-0.39, 0.29) is 0 Å². The molecule has 0 aliphatic heterocycles. The quantitative estimate of drug-likeness (QED) is 0.728. The first-order chi connectivity index (χ1) is 8.42. The van der Waals surface area contributed by atoms with Crippen molar-refractivity contribution in [3.05, 3.63) is 29.8 Å². The fourth-order valence-electron chi connectivity index (χ4n) is 1.42. The van der Waals surface area contributed by atoms with Crippen LogP contribution >= 0.6 is 0 Å². The summed E-state index contributed by atoms with van der Waals surface area (Å²) in [5.74, 6) is 0.0453. The predicted molar refractivity (Wildman–Crippen MR) is 71.0 cm³/mol. The van der Waals surface area contributed by atoms with Gasteiger partial charge in [0.05, 0.1) is 5.41 Å². The van der Waals surface area contributed by atoms with E-state index in [1.165, 1.54) is 0 Å². The van der Waals surface area contributed by atoms with E-state index >= 15 is 0 Å². The summed E-state index contributed by atoms with van der Waals surface area (Å²) in [5, 5.41) is 12.0. The molecule has 0 bridgehead atoms. The molecule has 18 heavy (non-hydrogen) atoms. The molecule has 0 aliphatic rings. The lowest BCUT2D eigenvalue weighted by Gasteiger charge is -2.19. The Labute approximate surface area is 108 Å². The van der Waals surface area contributed by atoms with Crippen LogP contribution in [0.25, 0.3) is 0 Å². The largest absolute Gasteiger partial charge is 0.492 e. The highest BCUT2D eigenvalue weighted by atomic mass is 16.5. The van der Waals surface area contributed by atoms with Gasteiger partial charge >= 0.3 is 5.97 Å². The topological polar surface area (TPSA) is 58.6 Å². The van der Waals surface area contributed by atoms with Gasteiger partial charge in [0.15, 0.2) is 0 Å². The molecule has 0 fully saturated rings. The lowest BCUT2D eigenvalue weighted by atomic mass is 9.94. The first-order valence-corrected chi connectivity index (χ1v) is 6.05. The first kappa shape index (κ1) is 14.5. The minimum Gasteiger partial charge on any atom is -0.492 e. The van der Waals surface area contributed by atoms with Crippen molar-refractivity contribution < 1.29 is 14.6 Å². The zero-order valence-corrected chi connectivity index (χ0v) is 11.2. The normalized spacial score (nSPS) is 11.3. The molecular weight excluding hydrogens is 230 g/mol. The Morgan fingerprint density at radius 2 is 2.17 bits per heavy atom. The summed E-state index contributed by atoms with van der Waals surface area (Å²) >= 11 is 0. The summed E-state index contributed by atoms with van der Waals surface area (Å²) < 4.78 is 5.55. The van der Waals surface area contributed by atoms with Gasteiger partial charge in [-0.15, -0.1) is 0 Å². The maximum absolute atomic E-state index is 10.9. The number of carbonyl (C=O) groups is 1. The van der Waals surface area contributed by atoms with E-state index in [1.54, 1.807) is 13.8 Å². The van der Waals surface area contributed by atoms with Crippen LogP contribution in [0.3, 0.4) is 0 Å². The van der Waals surface area contributed by atoms with Crippen molar-refractivity contribution in [2.45, 2.75) is 20.8 Å². The Bertz CT molecular complexity index is 402. The summed E-state index contributed by atoms with van der Waals surface area (Å²) in [7, 11) is 0. The number of rotatable bonds is 7. The Kier molecular flexibility index (Phi) is 5.16. The summed E-state index contributed by atoms with van der Waals surface area (Å²) in [6, 6.07) is 7.85. The number of hydrogen-bond acceptors (Lipinski definition) is 3. The Hall–Kier alpha value is -1.55. The van der Waals surface area contributed by atoms with Crippen molar-refractivity contribution in [1.29, 1.82) is 0 Å². The van der Waals surface area contributed by atoms with Gasteiger partial charge in [0.2, 0.25) is 0 Å². The van der Waals surface area contributed by atoms with Crippen LogP contribution in [-0.2, 0) is 4.79 Å². The summed E-state index contributed by atoms with van der Waals surface area (Å²) in [4.78, 5) is 10.9. The molecule has 4 nitrogen and oxygen atoms in total. The van der Waals surface area contributed by atoms with Gasteiger partial charge in [-0.2, -0.15) is 0 Å². The first-order valence-electron chi connectivity index (χ1n) is 6.05. The highest BCUT2D eigenvalue weighted by Gasteiger charge is 2.26. The molecule has 1 aromatic rings. The van der Waals surface area contributed by atoms with E-state index in [1.807, 2.05) is 31.2 Å².